The minimum absolute atomic E-state index is 0.227. The van der Waals surface area contributed by atoms with E-state index in [2.05, 4.69) is 4.74 Å². The molecule has 0 saturated carbocycles. The van der Waals surface area contributed by atoms with Crippen molar-refractivity contribution in [3.63, 3.8) is 0 Å². The second kappa shape index (κ2) is 5.36. The fraction of sp³-hybridized carbons (Fsp3) is 0.133. The van der Waals surface area contributed by atoms with Gasteiger partial charge in [0.1, 0.15) is 5.82 Å². The predicted molar refractivity (Wildman–Crippen MR) is 79.7 cm³/mol. The number of nitrogens with zero attached hydrogens (tertiary/aromatic N) is 1. The van der Waals surface area contributed by atoms with Gasteiger partial charge in [-0.15, -0.1) is 13.2 Å². The molecule has 0 saturated heterocycles. The molecule has 2 aromatic rings. The number of hydrogen-bond acceptors (Lipinski definition) is 5. The highest BCUT2D eigenvalue weighted by molar-refractivity contribution is 6.23. The van der Waals surface area contributed by atoms with E-state index in [9.17, 15) is 27.6 Å². The molecule has 130 valence electrons. The number of aryl methyl sites for hydroxylation is 1. The molecule has 7 nitrogen and oxygen atoms in total. The molecule has 0 fully saturated rings. The predicted octanol–water partition coefficient (Wildman–Crippen LogP) is 1.51. The third-order valence-corrected chi connectivity index (χ3v) is 3.53. The van der Waals surface area contributed by atoms with Gasteiger partial charge in [-0.25, -0.2) is 0 Å². The number of nitrogen functional groups attached to an aromatic ring is 1. The van der Waals surface area contributed by atoms with Gasteiger partial charge in [0.2, 0.25) is 0 Å². The van der Waals surface area contributed by atoms with E-state index < -0.39 is 35.3 Å². The minimum Gasteiger partial charge on any atom is -0.404 e. The Bertz CT molecular complexity index is 979. The Morgan fingerprint density at radius 1 is 1.12 bits per heavy atom. The molecule has 2 heterocycles. The van der Waals surface area contributed by atoms with Crippen molar-refractivity contribution in [2.45, 2.75) is 13.3 Å². The standard InChI is InChI=1S/C15H10F3N3O4/c1-6-2-3-9(25-15(16,17)18)8(4-6)21-10(22)5-7-11(12(21)19)14(24)20-13(7)23/h2-5H,19H2,1H3,(H,20,23,24). The molecule has 1 aliphatic rings. The number of nitrogens with one attached hydrogen (secondary N) is 1. The first-order valence-electron chi connectivity index (χ1n) is 6.86. The van der Waals surface area contributed by atoms with Gasteiger partial charge >= 0.3 is 6.36 Å². The van der Waals surface area contributed by atoms with Crippen LogP contribution in [0.15, 0.2) is 29.1 Å². The summed E-state index contributed by atoms with van der Waals surface area (Å²) in [7, 11) is 0. The van der Waals surface area contributed by atoms with Crippen LogP contribution in [0, 0.1) is 6.92 Å². The molecule has 0 aliphatic carbocycles. The first-order valence-corrected chi connectivity index (χ1v) is 6.86. The number of aromatic nitrogens is 1. The van der Waals surface area contributed by atoms with Crippen LogP contribution < -0.4 is 21.3 Å². The highest BCUT2D eigenvalue weighted by Crippen LogP contribution is 2.32. The van der Waals surface area contributed by atoms with Crippen LogP contribution in [0.2, 0.25) is 0 Å². The number of rotatable bonds is 2. The first-order chi connectivity index (χ1) is 11.6. The average Bonchev–Trinajstić information content (AvgIpc) is 2.75. The van der Waals surface area contributed by atoms with Crippen molar-refractivity contribution in [3.8, 4) is 11.4 Å². The van der Waals surface area contributed by atoms with Gasteiger partial charge in [0.25, 0.3) is 17.4 Å². The van der Waals surface area contributed by atoms with Crippen molar-refractivity contribution >= 4 is 17.6 Å². The molecule has 2 amide bonds. The highest BCUT2D eigenvalue weighted by atomic mass is 19.4. The molecule has 1 aromatic heterocycles. The maximum atomic E-state index is 12.6. The number of ether oxygens (including phenoxy) is 1. The summed E-state index contributed by atoms with van der Waals surface area (Å²) in [6, 6.07) is 4.48. The molecule has 1 aliphatic heterocycles. The van der Waals surface area contributed by atoms with Gasteiger partial charge in [-0.2, -0.15) is 0 Å². The lowest BCUT2D eigenvalue weighted by Crippen LogP contribution is -2.26. The van der Waals surface area contributed by atoms with Crippen LogP contribution in [-0.4, -0.2) is 22.7 Å². The first kappa shape index (κ1) is 16.6. The number of amides is 2. The fourth-order valence-corrected chi connectivity index (χ4v) is 2.54. The van der Waals surface area contributed by atoms with Crippen molar-refractivity contribution in [2.75, 3.05) is 5.73 Å². The normalized spacial score (nSPS) is 13.6. The van der Waals surface area contributed by atoms with Gasteiger partial charge in [0.15, 0.2) is 5.75 Å². The number of pyridine rings is 1. The topological polar surface area (TPSA) is 103 Å². The van der Waals surface area contributed by atoms with Gasteiger partial charge in [0.05, 0.1) is 16.8 Å². The van der Waals surface area contributed by atoms with Crippen molar-refractivity contribution in [1.82, 2.24) is 9.88 Å². The van der Waals surface area contributed by atoms with Crippen LogP contribution in [0.4, 0.5) is 19.0 Å². The van der Waals surface area contributed by atoms with Crippen LogP contribution in [0.1, 0.15) is 26.3 Å². The number of carbonyl (C=O) groups excluding carboxylic acids is 2. The maximum Gasteiger partial charge on any atom is 0.573 e. The van der Waals surface area contributed by atoms with E-state index in [0.29, 0.717) is 10.1 Å². The number of imide groups is 1. The number of halogens is 3. The van der Waals surface area contributed by atoms with Crippen LogP contribution in [-0.2, 0) is 0 Å². The lowest BCUT2D eigenvalue weighted by Gasteiger charge is -2.17. The van der Waals surface area contributed by atoms with Gasteiger partial charge in [-0.1, -0.05) is 6.07 Å². The van der Waals surface area contributed by atoms with Crippen molar-refractivity contribution < 1.29 is 27.5 Å². The number of fused-ring (bicyclic) bond motifs is 1. The van der Waals surface area contributed by atoms with Crippen molar-refractivity contribution in [3.05, 3.63) is 51.3 Å². The quantitative estimate of drug-likeness (QED) is 0.797. The number of benzene rings is 1. The molecule has 0 unspecified atom stereocenters. The molecule has 1 aromatic carbocycles. The molecule has 0 spiro atoms. The van der Waals surface area contributed by atoms with Crippen LogP contribution >= 0.6 is 0 Å². The van der Waals surface area contributed by atoms with Gasteiger partial charge in [-0.05, 0) is 24.6 Å². The average molecular weight is 353 g/mol. The Labute approximate surface area is 137 Å². The van der Waals surface area contributed by atoms with Crippen molar-refractivity contribution in [2.24, 2.45) is 0 Å². The fourth-order valence-electron chi connectivity index (χ4n) is 2.54. The lowest BCUT2D eigenvalue weighted by molar-refractivity contribution is -0.274. The highest BCUT2D eigenvalue weighted by Gasteiger charge is 2.35. The van der Waals surface area contributed by atoms with Crippen molar-refractivity contribution in [1.29, 1.82) is 0 Å². The van der Waals surface area contributed by atoms with Crippen LogP contribution in [0.5, 0.6) is 5.75 Å². The number of alkyl halides is 3. The summed E-state index contributed by atoms with van der Waals surface area (Å²) in [4.78, 5) is 35.8. The molecule has 25 heavy (non-hydrogen) atoms. The monoisotopic (exact) mass is 353 g/mol. The minimum atomic E-state index is -4.99. The van der Waals surface area contributed by atoms with E-state index in [-0.39, 0.29) is 16.8 Å². The Morgan fingerprint density at radius 2 is 1.80 bits per heavy atom. The number of anilines is 1. The van der Waals surface area contributed by atoms with E-state index in [1.165, 1.54) is 12.1 Å². The number of nitrogens with two attached hydrogens (primary N) is 1. The third-order valence-electron chi connectivity index (χ3n) is 3.53. The third kappa shape index (κ3) is 2.82. The van der Waals surface area contributed by atoms with E-state index in [0.717, 1.165) is 12.1 Å². The molecular weight excluding hydrogens is 343 g/mol. The molecule has 0 bridgehead atoms. The van der Waals surface area contributed by atoms with E-state index in [1.54, 1.807) is 6.92 Å². The second-order valence-corrected chi connectivity index (χ2v) is 5.29. The van der Waals surface area contributed by atoms with E-state index in [4.69, 9.17) is 5.73 Å². The SMILES string of the molecule is Cc1ccc(OC(F)(F)F)c(-n2c(N)c3c(cc2=O)C(=O)NC3=O)c1. The largest absolute Gasteiger partial charge is 0.573 e. The lowest BCUT2D eigenvalue weighted by atomic mass is 10.1. The molecular formula is C15H10F3N3O4. The van der Waals surface area contributed by atoms with Crippen LogP contribution in [0.25, 0.3) is 5.69 Å². The summed E-state index contributed by atoms with van der Waals surface area (Å²) in [6.45, 7) is 1.59. The summed E-state index contributed by atoms with van der Waals surface area (Å²) in [5.41, 5.74) is 4.67. The number of hydrogen-bond donors (Lipinski definition) is 2. The van der Waals surface area contributed by atoms with Gasteiger partial charge in [0, 0.05) is 6.07 Å². The van der Waals surface area contributed by atoms with E-state index in [1.807, 2.05) is 5.32 Å². The van der Waals surface area contributed by atoms with Gasteiger partial charge < -0.3 is 10.5 Å². The molecule has 0 radical (unpaired) electrons. The summed E-state index contributed by atoms with van der Waals surface area (Å²) < 4.78 is 42.5. The molecule has 3 N–H and O–H groups in total. The Balaban J connectivity index is 2.30. The second-order valence-electron chi connectivity index (χ2n) is 5.29. The maximum absolute atomic E-state index is 12.6. The Morgan fingerprint density at radius 3 is 2.44 bits per heavy atom. The Hall–Kier alpha value is -3.30. The van der Waals surface area contributed by atoms with Gasteiger partial charge in [-0.3, -0.25) is 24.3 Å². The molecule has 0 atom stereocenters. The summed E-state index contributed by atoms with van der Waals surface area (Å²) >= 11 is 0. The Kier molecular flexibility index (Phi) is 3.55. The molecule has 3 rings (SSSR count). The summed E-state index contributed by atoms with van der Waals surface area (Å²) in [6.07, 6.45) is -4.99. The zero-order valence-corrected chi connectivity index (χ0v) is 12.6. The smallest absolute Gasteiger partial charge is 0.404 e. The zero-order chi connectivity index (χ0) is 18.5. The molecule has 10 heteroatoms. The number of carbonyl (C=O) groups is 2. The summed E-state index contributed by atoms with van der Waals surface area (Å²) in [5.74, 6) is -2.76. The van der Waals surface area contributed by atoms with E-state index >= 15 is 0 Å². The zero-order valence-electron chi connectivity index (χ0n) is 12.6. The summed E-state index contributed by atoms with van der Waals surface area (Å²) in [5, 5.41) is 1.97. The van der Waals surface area contributed by atoms with Crippen LogP contribution in [0.3, 0.4) is 0 Å².